The van der Waals surface area contributed by atoms with Gasteiger partial charge in [-0.1, -0.05) is 28.9 Å². The standard InChI is InChI=1S/C22H21ClN6O3S/c1-31-16-5-3-4-13(10-16)11-25-17(30)12-29-19(24)18(22(27-29)33-2)21-26-20(28-32-21)14-6-8-15(23)9-7-14/h3-10H,11-12,24H2,1-2H3,(H,25,30). The van der Waals surface area contributed by atoms with Crippen LogP contribution >= 0.6 is 23.4 Å². The Bertz CT molecular complexity index is 1270. The molecule has 2 heterocycles. The van der Waals surface area contributed by atoms with E-state index in [1.54, 1.807) is 31.4 Å². The van der Waals surface area contributed by atoms with Gasteiger partial charge in [0.15, 0.2) is 0 Å². The normalized spacial score (nSPS) is 10.9. The minimum Gasteiger partial charge on any atom is -0.497 e. The Balaban J connectivity index is 1.50. The Morgan fingerprint density at radius 1 is 1.27 bits per heavy atom. The molecule has 0 saturated heterocycles. The number of aromatic nitrogens is 4. The van der Waals surface area contributed by atoms with Crippen molar-refractivity contribution in [3.05, 3.63) is 59.1 Å². The number of thioether (sulfide) groups is 1. The summed E-state index contributed by atoms with van der Waals surface area (Å²) in [6.07, 6.45) is 1.86. The number of nitrogens with two attached hydrogens (primary N) is 1. The fourth-order valence-corrected chi connectivity index (χ4v) is 3.84. The first-order valence-electron chi connectivity index (χ1n) is 9.88. The topological polar surface area (TPSA) is 121 Å². The highest BCUT2D eigenvalue weighted by Gasteiger charge is 2.23. The van der Waals surface area contributed by atoms with Crippen LogP contribution in [0, 0.1) is 0 Å². The number of nitrogen functional groups attached to an aromatic ring is 1. The van der Waals surface area contributed by atoms with Gasteiger partial charge in [-0.15, -0.1) is 11.8 Å². The molecule has 0 atom stereocenters. The number of amides is 1. The Kier molecular flexibility index (Phi) is 6.85. The molecule has 0 saturated carbocycles. The molecule has 0 bridgehead atoms. The number of ether oxygens (including phenoxy) is 1. The lowest BCUT2D eigenvalue weighted by molar-refractivity contribution is -0.122. The van der Waals surface area contributed by atoms with Crippen LogP contribution in [0.3, 0.4) is 0 Å². The molecule has 170 valence electrons. The van der Waals surface area contributed by atoms with Gasteiger partial charge in [0, 0.05) is 17.1 Å². The van der Waals surface area contributed by atoms with Crippen LogP contribution in [-0.2, 0) is 17.9 Å². The lowest BCUT2D eigenvalue weighted by Crippen LogP contribution is -2.28. The van der Waals surface area contributed by atoms with Crippen LogP contribution in [0.1, 0.15) is 5.56 Å². The van der Waals surface area contributed by atoms with Gasteiger partial charge in [-0.25, -0.2) is 4.68 Å². The molecule has 1 amide bonds. The minimum absolute atomic E-state index is 0.0540. The lowest BCUT2D eigenvalue weighted by atomic mass is 10.2. The number of hydrogen-bond donors (Lipinski definition) is 2. The number of rotatable bonds is 8. The average molecular weight is 485 g/mol. The molecule has 0 unspecified atom stereocenters. The van der Waals surface area contributed by atoms with Crippen LogP contribution in [0.15, 0.2) is 58.1 Å². The minimum atomic E-state index is -0.237. The fourth-order valence-electron chi connectivity index (χ4n) is 3.13. The molecule has 2 aromatic heterocycles. The molecular weight excluding hydrogens is 464 g/mol. The molecule has 4 rings (SSSR count). The smallest absolute Gasteiger partial charge is 0.264 e. The molecule has 0 spiro atoms. The molecule has 0 aliphatic rings. The van der Waals surface area contributed by atoms with E-state index in [1.807, 2.05) is 30.5 Å². The zero-order valence-corrected chi connectivity index (χ0v) is 19.5. The first-order chi connectivity index (χ1) is 16.0. The summed E-state index contributed by atoms with van der Waals surface area (Å²) < 4.78 is 12.1. The molecule has 3 N–H and O–H groups in total. The molecule has 0 aliphatic carbocycles. The van der Waals surface area contributed by atoms with Gasteiger partial charge in [0.1, 0.15) is 28.7 Å². The third kappa shape index (κ3) is 5.12. The van der Waals surface area contributed by atoms with Crippen molar-refractivity contribution in [1.29, 1.82) is 0 Å². The molecule has 0 radical (unpaired) electrons. The number of carbonyl (C=O) groups excluding carboxylic acids is 1. The summed E-state index contributed by atoms with van der Waals surface area (Å²) in [4.78, 5) is 17.0. The molecular formula is C22H21ClN6O3S. The summed E-state index contributed by atoms with van der Waals surface area (Å²) >= 11 is 7.31. The van der Waals surface area contributed by atoms with E-state index in [4.69, 9.17) is 26.6 Å². The van der Waals surface area contributed by atoms with E-state index >= 15 is 0 Å². The van der Waals surface area contributed by atoms with Crippen molar-refractivity contribution in [2.75, 3.05) is 19.1 Å². The van der Waals surface area contributed by atoms with Gasteiger partial charge in [-0.3, -0.25) is 4.79 Å². The predicted molar refractivity (Wildman–Crippen MR) is 127 cm³/mol. The van der Waals surface area contributed by atoms with Crippen molar-refractivity contribution in [3.63, 3.8) is 0 Å². The number of carbonyl (C=O) groups is 1. The highest BCUT2D eigenvalue weighted by Crippen LogP contribution is 2.34. The van der Waals surface area contributed by atoms with Crippen molar-refractivity contribution in [2.24, 2.45) is 0 Å². The molecule has 9 nitrogen and oxygen atoms in total. The second kappa shape index (κ2) is 9.97. The first kappa shape index (κ1) is 22.7. The van der Waals surface area contributed by atoms with Crippen LogP contribution in [0.5, 0.6) is 5.75 Å². The van der Waals surface area contributed by atoms with Crippen LogP contribution in [0.2, 0.25) is 5.02 Å². The third-order valence-electron chi connectivity index (χ3n) is 4.81. The number of nitrogens with zero attached hydrogens (tertiary/aromatic N) is 4. The van der Waals surface area contributed by atoms with E-state index in [1.165, 1.54) is 16.4 Å². The summed E-state index contributed by atoms with van der Waals surface area (Å²) in [5.74, 6) is 1.38. The quantitative estimate of drug-likeness (QED) is 0.361. The van der Waals surface area contributed by atoms with E-state index in [2.05, 4.69) is 20.6 Å². The van der Waals surface area contributed by atoms with E-state index in [0.29, 0.717) is 28.0 Å². The van der Waals surface area contributed by atoms with Gasteiger partial charge in [0.25, 0.3) is 5.89 Å². The molecule has 4 aromatic rings. The van der Waals surface area contributed by atoms with E-state index in [-0.39, 0.29) is 24.2 Å². The number of benzene rings is 2. The van der Waals surface area contributed by atoms with Crippen LogP contribution in [-0.4, -0.2) is 39.2 Å². The Morgan fingerprint density at radius 2 is 2.06 bits per heavy atom. The summed E-state index contributed by atoms with van der Waals surface area (Å²) in [6.45, 7) is 0.301. The number of methoxy groups -OCH3 is 1. The van der Waals surface area contributed by atoms with Crippen molar-refractivity contribution in [2.45, 2.75) is 18.1 Å². The third-order valence-corrected chi connectivity index (χ3v) is 5.74. The van der Waals surface area contributed by atoms with Gasteiger partial charge in [0.2, 0.25) is 11.7 Å². The van der Waals surface area contributed by atoms with Crippen molar-refractivity contribution in [3.8, 4) is 28.6 Å². The van der Waals surface area contributed by atoms with Gasteiger partial charge >= 0.3 is 0 Å². The summed E-state index contributed by atoms with van der Waals surface area (Å²) in [6, 6.07) is 14.6. The van der Waals surface area contributed by atoms with Crippen molar-refractivity contribution in [1.82, 2.24) is 25.2 Å². The molecule has 0 fully saturated rings. The average Bonchev–Trinajstić information content (AvgIpc) is 3.43. The van der Waals surface area contributed by atoms with E-state index in [9.17, 15) is 4.79 Å². The largest absolute Gasteiger partial charge is 0.497 e. The number of hydrogen-bond acceptors (Lipinski definition) is 8. The Labute approximate surface area is 199 Å². The highest BCUT2D eigenvalue weighted by molar-refractivity contribution is 7.98. The zero-order valence-electron chi connectivity index (χ0n) is 17.9. The lowest BCUT2D eigenvalue weighted by Gasteiger charge is -2.08. The van der Waals surface area contributed by atoms with Gasteiger partial charge < -0.3 is 20.3 Å². The summed E-state index contributed by atoms with van der Waals surface area (Å²) in [5.41, 5.74) is 8.49. The van der Waals surface area contributed by atoms with Crippen molar-refractivity contribution >= 4 is 35.1 Å². The molecule has 2 aromatic carbocycles. The number of halogens is 1. The molecule has 33 heavy (non-hydrogen) atoms. The van der Waals surface area contributed by atoms with Crippen molar-refractivity contribution < 1.29 is 14.1 Å². The second-order valence-corrected chi connectivity index (χ2v) is 8.22. The number of anilines is 1. The maximum absolute atomic E-state index is 12.5. The van der Waals surface area contributed by atoms with Gasteiger partial charge in [-0.2, -0.15) is 10.1 Å². The van der Waals surface area contributed by atoms with Crippen LogP contribution in [0.4, 0.5) is 5.82 Å². The molecule has 11 heteroatoms. The Hall–Kier alpha value is -3.50. The molecule has 0 aliphatic heterocycles. The maximum atomic E-state index is 12.5. The number of nitrogens with one attached hydrogen (secondary N) is 1. The van der Waals surface area contributed by atoms with Gasteiger partial charge in [0.05, 0.1) is 7.11 Å². The van der Waals surface area contributed by atoms with Gasteiger partial charge in [-0.05, 0) is 48.2 Å². The van der Waals surface area contributed by atoms with Crippen LogP contribution < -0.4 is 15.8 Å². The van der Waals surface area contributed by atoms with E-state index in [0.717, 1.165) is 16.9 Å². The van der Waals surface area contributed by atoms with Crippen LogP contribution in [0.25, 0.3) is 22.8 Å². The second-order valence-electron chi connectivity index (χ2n) is 6.99. The zero-order chi connectivity index (χ0) is 23.4. The monoisotopic (exact) mass is 484 g/mol. The maximum Gasteiger partial charge on any atom is 0.264 e. The fraction of sp³-hybridized carbons (Fsp3) is 0.182. The highest BCUT2D eigenvalue weighted by atomic mass is 35.5. The first-order valence-corrected chi connectivity index (χ1v) is 11.5. The predicted octanol–water partition coefficient (Wildman–Crippen LogP) is 3.88. The summed E-state index contributed by atoms with van der Waals surface area (Å²) in [7, 11) is 1.60. The van der Waals surface area contributed by atoms with E-state index < -0.39 is 0 Å². The summed E-state index contributed by atoms with van der Waals surface area (Å²) in [5, 5.41) is 12.5. The Morgan fingerprint density at radius 3 is 2.79 bits per heavy atom. The SMILES string of the molecule is COc1cccc(CNC(=O)Cn2nc(SC)c(-c3nc(-c4ccc(Cl)cc4)no3)c2N)c1.